The van der Waals surface area contributed by atoms with E-state index in [9.17, 15) is 14.4 Å². The van der Waals surface area contributed by atoms with Crippen LogP contribution in [-0.4, -0.2) is 51.4 Å². The van der Waals surface area contributed by atoms with Crippen LogP contribution in [0.4, 0.5) is 11.4 Å². The molecule has 12 heteroatoms. The first kappa shape index (κ1) is 23.8. The Morgan fingerprint density at radius 3 is 2.61 bits per heavy atom. The highest BCUT2D eigenvalue weighted by atomic mass is 32.2. The maximum Gasteiger partial charge on any atom is 0.242 e. The van der Waals surface area contributed by atoms with Crippen LogP contribution in [0, 0.1) is 0 Å². The van der Waals surface area contributed by atoms with Gasteiger partial charge in [0.05, 0.1) is 30.7 Å². The maximum absolute atomic E-state index is 13.4. The number of carbonyl (C=O) groups excluding carboxylic acids is 3. The summed E-state index contributed by atoms with van der Waals surface area (Å²) in [6.45, 7) is 1.78. The minimum atomic E-state index is -0.624. The van der Waals surface area contributed by atoms with Crippen molar-refractivity contribution in [2.45, 2.75) is 25.1 Å². The number of hydrogen-bond acceptors (Lipinski definition) is 9. The molecule has 2 amide bonds. The third-order valence-corrected chi connectivity index (χ3v) is 7.27. The fourth-order valence-corrected chi connectivity index (χ4v) is 5.40. The molecule has 5 rings (SSSR count). The molecule has 1 saturated heterocycles. The van der Waals surface area contributed by atoms with Gasteiger partial charge in [0.1, 0.15) is 22.0 Å². The Morgan fingerprint density at radius 2 is 1.89 bits per heavy atom. The van der Waals surface area contributed by atoms with Crippen LogP contribution >= 0.6 is 23.5 Å². The van der Waals surface area contributed by atoms with Gasteiger partial charge in [-0.3, -0.25) is 24.0 Å². The van der Waals surface area contributed by atoms with Crippen molar-refractivity contribution in [3.8, 4) is 0 Å². The van der Waals surface area contributed by atoms with Gasteiger partial charge in [-0.15, -0.1) is 0 Å². The Hall–Kier alpha value is -3.90. The molecule has 0 radical (unpaired) electrons. The summed E-state index contributed by atoms with van der Waals surface area (Å²) in [5.41, 5.74) is 4.21. The highest BCUT2D eigenvalue weighted by molar-refractivity contribution is 8.15. The van der Waals surface area contributed by atoms with Crippen LogP contribution < -0.4 is 5.32 Å². The van der Waals surface area contributed by atoms with E-state index in [1.54, 1.807) is 53.3 Å². The number of amides is 2. The first-order chi connectivity index (χ1) is 17.4. The lowest BCUT2D eigenvalue weighted by Gasteiger charge is -2.16. The van der Waals surface area contributed by atoms with Crippen molar-refractivity contribution in [1.29, 1.82) is 0 Å². The zero-order valence-electron chi connectivity index (χ0n) is 19.4. The second-order valence-electron chi connectivity index (χ2n) is 8.27. The zero-order valence-corrected chi connectivity index (χ0v) is 21.0. The first-order valence-corrected chi connectivity index (χ1v) is 12.6. The lowest BCUT2D eigenvalue weighted by atomic mass is 10.1. The summed E-state index contributed by atoms with van der Waals surface area (Å²) >= 11 is 2.40. The Balaban J connectivity index is 1.34. The molecule has 4 aromatic rings. The van der Waals surface area contributed by atoms with Crippen LogP contribution in [-0.2, 0) is 23.2 Å². The average Bonchev–Trinajstić information content (AvgIpc) is 3.55. The number of nitrogens with zero attached hydrogens (tertiary/aromatic N) is 6. The first-order valence-electron chi connectivity index (χ1n) is 11.0. The SMILES string of the molecule is CC(=O)c1ccc(NC(=O)CC2SC(=Nc3cnn(C)c3)N(Cc3ccc4nsnc4c3)C2=O)cc1. The molecular weight excluding hydrogens is 498 g/mol. The van der Waals surface area contributed by atoms with Crippen molar-refractivity contribution < 1.29 is 14.4 Å². The molecule has 36 heavy (non-hydrogen) atoms. The zero-order chi connectivity index (χ0) is 25.2. The molecule has 1 N–H and O–H groups in total. The van der Waals surface area contributed by atoms with Crippen molar-refractivity contribution in [3.05, 3.63) is 66.0 Å². The molecule has 1 aliphatic rings. The monoisotopic (exact) mass is 519 g/mol. The fraction of sp³-hybridized carbons (Fsp3) is 0.208. The lowest BCUT2D eigenvalue weighted by molar-refractivity contribution is -0.128. The predicted octanol–water partition coefficient (Wildman–Crippen LogP) is 3.79. The minimum Gasteiger partial charge on any atom is -0.326 e. The van der Waals surface area contributed by atoms with Crippen LogP contribution in [0.15, 0.2) is 59.9 Å². The minimum absolute atomic E-state index is 0.0183. The maximum atomic E-state index is 13.4. The number of nitrogens with one attached hydrogen (secondary N) is 1. The van der Waals surface area contributed by atoms with Gasteiger partial charge in [-0.25, -0.2) is 4.99 Å². The van der Waals surface area contributed by atoms with Crippen molar-refractivity contribution in [1.82, 2.24) is 23.4 Å². The smallest absolute Gasteiger partial charge is 0.242 e. The van der Waals surface area contributed by atoms with E-state index in [2.05, 4.69) is 24.2 Å². The second kappa shape index (κ2) is 9.99. The molecule has 0 aliphatic carbocycles. The summed E-state index contributed by atoms with van der Waals surface area (Å²) in [5.74, 6) is -0.540. The second-order valence-corrected chi connectivity index (χ2v) is 9.97. The highest BCUT2D eigenvalue weighted by Crippen LogP contribution is 2.33. The van der Waals surface area contributed by atoms with Crippen LogP contribution in [0.5, 0.6) is 0 Å². The van der Waals surface area contributed by atoms with Gasteiger partial charge in [0, 0.05) is 24.7 Å². The number of ketones is 1. The van der Waals surface area contributed by atoms with E-state index < -0.39 is 5.25 Å². The fourth-order valence-electron chi connectivity index (χ4n) is 3.72. The molecule has 3 heterocycles. The van der Waals surface area contributed by atoms with E-state index in [0.717, 1.165) is 28.3 Å². The molecule has 1 fully saturated rings. The summed E-state index contributed by atoms with van der Waals surface area (Å²) < 4.78 is 10.1. The number of fused-ring (bicyclic) bond motifs is 1. The van der Waals surface area contributed by atoms with Gasteiger partial charge >= 0.3 is 0 Å². The number of anilines is 1. The van der Waals surface area contributed by atoms with Crippen LogP contribution in [0.25, 0.3) is 11.0 Å². The van der Waals surface area contributed by atoms with Crippen LogP contribution in [0.2, 0.25) is 0 Å². The summed E-state index contributed by atoms with van der Waals surface area (Å²) in [6, 6.07) is 12.3. The van der Waals surface area contributed by atoms with Gasteiger partial charge in [0.25, 0.3) is 0 Å². The van der Waals surface area contributed by atoms with Crippen LogP contribution in [0.3, 0.4) is 0 Å². The number of aryl methyl sites for hydroxylation is 1. The molecule has 182 valence electrons. The average molecular weight is 520 g/mol. The van der Waals surface area contributed by atoms with Crippen molar-refractivity contribution in [2.24, 2.45) is 12.0 Å². The molecular formula is C24H21N7O3S2. The van der Waals surface area contributed by atoms with Gasteiger partial charge in [-0.05, 0) is 48.9 Å². The number of aromatic nitrogens is 4. The summed E-state index contributed by atoms with van der Waals surface area (Å²) in [7, 11) is 1.79. The van der Waals surface area contributed by atoms with Gasteiger partial charge in [-0.1, -0.05) is 17.8 Å². The topological polar surface area (TPSA) is 122 Å². The standard InChI is InChI=1S/C24H21N7O3S2/c1-14(32)16-4-6-17(7-5-16)26-22(33)10-21-23(34)31(24(35-21)27-18-11-25-30(2)13-18)12-15-3-8-19-20(9-15)29-36-28-19/h3-9,11,13,21H,10,12H2,1-2H3,(H,26,33). The van der Waals surface area contributed by atoms with Gasteiger partial charge < -0.3 is 5.32 Å². The van der Waals surface area contributed by atoms with E-state index in [4.69, 9.17) is 0 Å². The highest BCUT2D eigenvalue weighted by Gasteiger charge is 2.39. The van der Waals surface area contributed by atoms with Gasteiger partial charge in [0.2, 0.25) is 11.8 Å². The molecule has 1 unspecified atom stereocenters. The third kappa shape index (κ3) is 5.19. The number of benzene rings is 2. The number of hydrogen-bond donors (Lipinski definition) is 1. The van der Waals surface area contributed by atoms with E-state index in [0.29, 0.717) is 28.7 Å². The molecule has 1 aliphatic heterocycles. The Labute approximate surface area is 214 Å². The van der Waals surface area contributed by atoms with Crippen molar-refractivity contribution >= 4 is 68.7 Å². The number of Topliss-reactive ketones (excluding diaryl/α,β-unsaturated/α-hetero) is 1. The molecule has 2 aromatic carbocycles. The quantitative estimate of drug-likeness (QED) is 0.369. The third-order valence-electron chi connectivity index (χ3n) is 5.54. The summed E-state index contributed by atoms with van der Waals surface area (Å²) in [4.78, 5) is 43.9. The largest absolute Gasteiger partial charge is 0.326 e. The van der Waals surface area contributed by atoms with Gasteiger partial charge in [-0.2, -0.15) is 13.8 Å². The molecule has 0 saturated carbocycles. The summed E-state index contributed by atoms with van der Waals surface area (Å²) in [6.07, 6.45) is 3.36. The lowest BCUT2D eigenvalue weighted by Crippen LogP contribution is -2.33. The molecule has 10 nitrogen and oxygen atoms in total. The molecule has 1 atom stereocenters. The molecule has 2 aromatic heterocycles. The Kier molecular flexibility index (Phi) is 6.61. The number of thioether (sulfide) groups is 1. The van der Waals surface area contributed by atoms with Crippen LogP contribution in [0.1, 0.15) is 29.3 Å². The number of aliphatic imine (C=N–C) groups is 1. The Morgan fingerprint density at radius 1 is 1.11 bits per heavy atom. The number of amidine groups is 1. The molecule has 0 bridgehead atoms. The predicted molar refractivity (Wildman–Crippen MR) is 139 cm³/mol. The van der Waals surface area contributed by atoms with E-state index in [1.165, 1.54) is 18.7 Å². The number of rotatable bonds is 7. The van der Waals surface area contributed by atoms with E-state index >= 15 is 0 Å². The van der Waals surface area contributed by atoms with Crippen molar-refractivity contribution in [2.75, 3.05) is 5.32 Å². The van der Waals surface area contributed by atoms with E-state index in [1.807, 2.05) is 18.2 Å². The van der Waals surface area contributed by atoms with Crippen molar-refractivity contribution in [3.63, 3.8) is 0 Å². The number of carbonyl (C=O) groups is 3. The Bertz CT molecular complexity index is 1490. The van der Waals surface area contributed by atoms with Gasteiger partial charge in [0.15, 0.2) is 11.0 Å². The summed E-state index contributed by atoms with van der Waals surface area (Å²) in [5, 5.41) is 6.83. The molecule has 0 spiro atoms. The van der Waals surface area contributed by atoms with E-state index in [-0.39, 0.29) is 24.0 Å². The normalized spacial score (nSPS) is 16.7.